The number of benzene rings is 1. The minimum atomic E-state index is -3.70. The smallest absolute Gasteiger partial charge is 0.263 e. The minimum Gasteiger partial charge on any atom is -0.389 e. The molecule has 0 aliphatic rings. The molecule has 6 nitrogen and oxygen atoms in total. The summed E-state index contributed by atoms with van der Waals surface area (Å²) in [5.74, 6) is 0.522. The lowest BCUT2D eigenvalue weighted by Crippen LogP contribution is -2.15. The van der Waals surface area contributed by atoms with Crippen LogP contribution in [0, 0.1) is 13.8 Å². The van der Waals surface area contributed by atoms with Gasteiger partial charge in [0.2, 0.25) is 5.13 Å². The molecule has 0 unspecified atom stereocenters. The quantitative estimate of drug-likeness (QED) is 0.827. The van der Waals surface area contributed by atoms with E-state index in [2.05, 4.69) is 14.1 Å². The Balaban J connectivity index is 2.37. The van der Waals surface area contributed by atoms with E-state index in [1.54, 1.807) is 26.0 Å². The summed E-state index contributed by atoms with van der Waals surface area (Å²) in [5, 5.41) is 0.236. The number of nitrogens with two attached hydrogens (primary N) is 1. The van der Waals surface area contributed by atoms with Crippen molar-refractivity contribution >= 4 is 43.9 Å². The first kappa shape index (κ1) is 14.8. The number of aromatic nitrogens is 2. The molecular formula is C11H12N4O2S3. The Hall–Kier alpha value is -1.58. The second-order valence-electron chi connectivity index (χ2n) is 4.10. The highest BCUT2D eigenvalue weighted by atomic mass is 32.2. The van der Waals surface area contributed by atoms with Crippen molar-refractivity contribution in [2.45, 2.75) is 18.7 Å². The van der Waals surface area contributed by atoms with Crippen molar-refractivity contribution in [1.29, 1.82) is 0 Å². The van der Waals surface area contributed by atoms with Crippen LogP contribution >= 0.6 is 23.8 Å². The SMILES string of the molecule is Cc1nsc(NS(=O)(=O)c2ccc(C(N)=S)cc2C)n1. The monoisotopic (exact) mass is 328 g/mol. The summed E-state index contributed by atoms with van der Waals surface area (Å²) in [4.78, 5) is 4.36. The molecule has 1 heterocycles. The summed E-state index contributed by atoms with van der Waals surface area (Å²) in [6.45, 7) is 3.37. The molecule has 0 aliphatic carbocycles. The van der Waals surface area contributed by atoms with Gasteiger partial charge in [-0.1, -0.05) is 18.3 Å². The number of nitrogens with one attached hydrogen (secondary N) is 1. The van der Waals surface area contributed by atoms with Gasteiger partial charge < -0.3 is 5.73 Å². The maximum Gasteiger partial charge on any atom is 0.263 e. The van der Waals surface area contributed by atoms with Crippen molar-refractivity contribution in [2.24, 2.45) is 5.73 Å². The fourth-order valence-electron chi connectivity index (χ4n) is 1.61. The summed E-state index contributed by atoms with van der Waals surface area (Å²) in [6.07, 6.45) is 0. The number of anilines is 1. The molecule has 0 atom stereocenters. The maximum absolute atomic E-state index is 12.3. The van der Waals surface area contributed by atoms with Crippen molar-refractivity contribution in [2.75, 3.05) is 4.72 Å². The zero-order valence-electron chi connectivity index (χ0n) is 10.7. The Morgan fingerprint density at radius 2 is 2.10 bits per heavy atom. The van der Waals surface area contributed by atoms with Crippen LogP contribution in [0.3, 0.4) is 0 Å². The first-order chi connectivity index (χ1) is 9.29. The highest BCUT2D eigenvalue weighted by Crippen LogP contribution is 2.21. The third-order valence-electron chi connectivity index (χ3n) is 2.50. The van der Waals surface area contributed by atoms with E-state index in [0.717, 1.165) is 11.5 Å². The topological polar surface area (TPSA) is 98.0 Å². The number of nitrogens with zero attached hydrogens (tertiary/aromatic N) is 2. The molecular weight excluding hydrogens is 316 g/mol. The van der Waals surface area contributed by atoms with Gasteiger partial charge in [-0.05, 0) is 31.5 Å². The average molecular weight is 328 g/mol. The molecule has 0 saturated carbocycles. The van der Waals surface area contributed by atoms with E-state index in [9.17, 15) is 8.42 Å². The van der Waals surface area contributed by atoms with Crippen molar-refractivity contribution < 1.29 is 8.42 Å². The van der Waals surface area contributed by atoms with Gasteiger partial charge in [0, 0.05) is 17.1 Å². The van der Waals surface area contributed by atoms with E-state index >= 15 is 0 Å². The van der Waals surface area contributed by atoms with E-state index in [0.29, 0.717) is 17.0 Å². The van der Waals surface area contributed by atoms with Gasteiger partial charge in [-0.25, -0.2) is 13.4 Å². The fraction of sp³-hybridized carbons (Fsp3) is 0.182. The number of thiocarbonyl (C=S) groups is 1. The van der Waals surface area contributed by atoms with Crippen LogP contribution in [0.4, 0.5) is 5.13 Å². The van der Waals surface area contributed by atoms with Crippen molar-refractivity contribution in [1.82, 2.24) is 9.36 Å². The van der Waals surface area contributed by atoms with Crippen molar-refractivity contribution in [3.05, 3.63) is 35.2 Å². The molecule has 3 N–H and O–H groups in total. The van der Waals surface area contributed by atoms with Gasteiger partial charge in [-0.2, -0.15) is 4.37 Å². The third-order valence-corrected chi connectivity index (χ3v) is 5.08. The normalized spacial score (nSPS) is 11.3. The lowest BCUT2D eigenvalue weighted by molar-refractivity contribution is 0.600. The molecule has 0 saturated heterocycles. The second kappa shape index (κ2) is 5.43. The predicted molar refractivity (Wildman–Crippen MR) is 82.5 cm³/mol. The lowest BCUT2D eigenvalue weighted by Gasteiger charge is -2.09. The standard InChI is InChI=1S/C11H12N4O2S3/c1-6-5-8(10(12)18)3-4-9(6)20(16,17)15-11-13-7(2)14-19-11/h3-5H,1-2H3,(H2,12,18)(H,13,14,15). The number of rotatable bonds is 4. The van der Waals surface area contributed by atoms with E-state index in [1.807, 2.05) is 0 Å². The predicted octanol–water partition coefficient (Wildman–Crippen LogP) is 1.59. The zero-order chi connectivity index (χ0) is 14.9. The van der Waals surface area contributed by atoms with E-state index in [4.69, 9.17) is 18.0 Å². The van der Waals surface area contributed by atoms with Gasteiger partial charge in [-0.15, -0.1) is 0 Å². The Kier molecular flexibility index (Phi) is 4.02. The van der Waals surface area contributed by atoms with Crippen LogP contribution in [0.25, 0.3) is 0 Å². The molecule has 0 fully saturated rings. The Morgan fingerprint density at radius 1 is 1.40 bits per heavy atom. The molecule has 2 rings (SSSR count). The zero-order valence-corrected chi connectivity index (χ0v) is 13.2. The first-order valence-corrected chi connectivity index (χ1v) is 8.19. The molecule has 0 aliphatic heterocycles. The molecule has 0 spiro atoms. The highest BCUT2D eigenvalue weighted by Gasteiger charge is 2.19. The molecule has 9 heteroatoms. The number of hydrogen-bond donors (Lipinski definition) is 2. The summed E-state index contributed by atoms with van der Waals surface area (Å²) < 4.78 is 30.9. The van der Waals surface area contributed by atoms with Crippen molar-refractivity contribution in [3.63, 3.8) is 0 Å². The van der Waals surface area contributed by atoms with Crippen LogP contribution in [0.2, 0.25) is 0 Å². The van der Waals surface area contributed by atoms with Crippen molar-refractivity contribution in [3.8, 4) is 0 Å². The molecule has 106 valence electrons. The van der Waals surface area contributed by atoms with Crippen LogP contribution in [0.15, 0.2) is 23.1 Å². The van der Waals surface area contributed by atoms with Crippen LogP contribution in [0.5, 0.6) is 0 Å². The lowest BCUT2D eigenvalue weighted by atomic mass is 10.1. The van der Waals surface area contributed by atoms with Gasteiger partial charge in [0.15, 0.2) is 0 Å². The van der Waals surface area contributed by atoms with Gasteiger partial charge in [0.05, 0.1) is 4.90 Å². The van der Waals surface area contributed by atoms with Crippen LogP contribution in [-0.2, 0) is 10.0 Å². The van der Waals surface area contributed by atoms with Gasteiger partial charge in [0.25, 0.3) is 10.0 Å². The molecule has 1 aromatic heterocycles. The molecule has 20 heavy (non-hydrogen) atoms. The average Bonchev–Trinajstić information content (AvgIpc) is 2.73. The Bertz CT molecular complexity index is 768. The molecule has 0 radical (unpaired) electrons. The first-order valence-electron chi connectivity index (χ1n) is 5.53. The molecule has 0 amide bonds. The Labute approximate surface area is 126 Å². The van der Waals surface area contributed by atoms with E-state index < -0.39 is 10.0 Å². The summed E-state index contributed by atoms with van der Waals surface area (Å²) in [7, 11) is -3.70. The van der Waals surface area contributed by atoms with Gasteiger partial charge in [-0.3, -0.25) is 4.72 Å². The van der Waals surface area contributed by atoms with Gasteiger partial charge in [0.1, 0.15) is 10.8 Å². The molecule has 0 bridgehead atoms. The minimum absolute atomic E-state index is 0.158. The van der Waals surface area contributed by atoms with Gasteiger partial charge >= 0.3 is 0 Å². The van der Waals surface area contributed by atoms with E-state index in [1.165, 1.54) is 6.07 Å². The third kappa shape index (κ3) is 3.11. The Morgan fingerprint density at radius 3 is 2.60 bits per heavy atom. The molecule has 1 aromatic carbocycles. The van der Waals surface area contributed by atoms with Crippen LogP contribution in [-0.4, -0.2) is 22.8 Å². The number of hydrogen-bond acceptors (Lipinski definition) is 6. The van der Waals surface area contributed by atoms with E-state index in [-0.39, 0.29) is 15.0 Å². The van der Waals surface area contributed by atoms with Crippen LogP contribution in [0.1, 0.15) is 17.0 Å². The highest BCUT2D eigenvalue weighted by molar-refractivity contribution is 7.93. The maximum atomic E-state index is 12.3. The number of aryl methyl sites for hydroxylation is 2. The summed E-state index contributed by atoms with van der Waals surface area (Å²) in [5.41, 5.74) is 6.71. The summed E-state index contributed by atoms with van der Waals surface area (Å²) in [6, 6.07) is 4.69. The largest absolute Gasteiger partial charge is 0.389 e. The number of sulfonamides is 1. The van der Waals surface area contributed by atoms with Crippen LogP contribution < -0.4 is 10.5 Å². The molecule has 2 aromatic rings. The second-order valence-corrected chi connectivity index (χ2v) is 6.94. The summed E-state index contributed by atoms with van der Waals surface area (Å²) >= 11 is 5.86. The fourth-order valence-corrected chi connectivity index (χ4v) is 3.77.